The summed E-state index contributed by atoms with van der Waals surface area (Å²) < 4.78 is 5.00. The molecule has 0 aliphatic heterocycles. The number of hydrogen-bond donors (Lipinski definition) is 1. The van der Waals surface area contributed by atoms with Crippen molar-refractivity contribution in [1.29, 1.82) is 0 Å². The molecule has 0 heterocycles. The summed E-state index contributed by atoms with van der Waals surface area (Å²) in [6.07, 6.45) is 0. The third kappa shape index (κ3) is 3.21. The number of ether oxygens (including phenoxy) is 1. The van der Waals surface area contributed by atoms with Gasteiger partial charge in [-0.25, -0.2) is 9.59 Å². The number of carboxylic acid groups (broad SMARTS) is 1. The second-order valence-corrected chi connectivity index (χ2v) is 3.99. The molecule has 7 nitrogen and oxygen atoms in total. The summed E-state index contributed by atoms with van der Waals surface area (Å²) >= 11 is 0. The fraction of sp³-hybridized carbons (Fsp3) is 0. The molecule has 2 aromatic rings. The maximum Gasteiger partial charge on any atom is 0.344 e. The number of carbonyl (C=O) groups excluding carboxylic acids is 1. The van der Waals surface area contributed by atoms with Gasteiger partial charge in [0.25, 0.3) is 5.69 Å². The number of rotatable bonds is 4. The summed E-state index contributed by atoms with van der Waals surface area (Å²) in [5.74, 6) is -2.00. The highest BCUT2D eigenvalue weighted by atomic mass is 16.6. The van der Waals surface area contributed by atoms with Crippen LogP contribution in [0.4, 0.5) is 5.69 Å². The zero-order valence-electron chi connectivity index (χ0n) is 10.6. The van der Waals surface area contributed by atoms with E-state index in [4.69, 9.17) is 9.84 Å². The highest BCUT2D eigenvalue weighted by Crippen LogP contribution is 2.19. The van der Waals surface area contributed by atoms with Gasteiger partial charge in [0.2, 0.25) is 0 Å². The summed E-state index contributed by atoms with van der Waals surface area (Å²) in [5.41, 5.74) is -0.409. The highest BCUT2D eigenvalue weighted by molar-refractivity contribution is 6.03. The predicted octanol–water partition coefficient (Wildman–Crippen LogP) is 2.51. The Morgan fingerprint density at radius 2 is 1.57 bits per heavy atom. The van der Waals surface area contributed by atoms with Crippen LogP contribution in [0.2, 0.25) is 0 Å². The lowest BCUT2D eigenvalue weighted by Gasteiger charge is -2.06. The van der Waals surface area contributed by atoms with Gasteiger partial charge in [-0.2, -0.15) is 0 Å². The Kier molecular flexibility index (Phi) is 3.94. The van der Waals surface area contributed by atoms with Gasteiger partial charge in [-0.3, -0.25) is 10.1 Å². The van der Waals surface area contributed by atoms with Crippen molar-refractivity contribution in [3.05, 3.63) is 69.8 Å². The van der Waals surface area contributed by atoms with Gasteiger partial charge in [-0.1, -0.05) is 12.1 Å². The molecule has 2 aromatic carbocycles. The van der Waals surface area contributed by atoms with Gasteiger partial charge < -0.3 is 9.84 Å². The monoisotopic (exact) mass is 287 g/mol. The smallest absolute Gasteiger partial charge is 0.344 e. The number of nitro groups is 1. The molecule has 0 aliphatic rings. The lowest BCUT2D eigenvalue weighted by molar-refractivity contribution is -0.384. The van der Waals surface area contributed by atoms with E-state index in [0.29, 0.717) is 0 Å². The van der Waals surface area contributed by atoms with Crippen LogP contribution in [0.15, 0.2) is 48.5 Å². The highest BCUT2D eigenvalue weighted by Gasteiger charge is 2.18. The first-order chi connectivity index (χ1) is 9.99. The first-order valence-corrected chi connectivity index (χ1v) is 5.78. The molecule has 0 unspecified atom stereocenters. The van der Waals surface area contributed by atoms with Gasteiger partial charge in [0.1, 0.15) is 5.75 Å². The van der Waals surface area contributed by atoms with Gasteiger partial charge >= 0.3 is 11.9 Å². The largest absolute Gasteiger partial charge is 0.478 e. The molecular weight excluding hydrogens is 278 g/mol. The van der Waals surface area contributed by atoms with Crippen LogP contribution in [0.25, 0.3) is 0 Å². The minimum atomic E-state index is -1.24. The first-order valence-electron chi connectivity index (χ1n) is 5.78. The Hall–Kier alpha value is -3.22. The molecule has 0 fully saturated rings. The number of nitrogens with zero attached hydrogens (tertiary/aromatic N) is 1. The van der Waals surface area contributed by atoms with E-state index in [0.717, 1.165) is 0 Å². The Bertz CT molecular complexity index is 708. The maximum absolute atomic E-state index is 11.9. The van der Waals surface area contributed by atoms with Crippen molar-refractivity contribution in [3.8, 4) is 5.75 Å². The molecule has 2 rings (SSSR count). The molecule has 0 aromatic heterocycles. The van der Waals surface area contributed by atoms with E-state index in [1.54, 1.807) is 0 Å². The number of hydrogen-bond acceptors (Lipinski definition) is 5. The number of benzene rings is 2. The molecule has 0 saturated heterocycles. The van der Waals surface area contributed by atoms with Crippen molar-refractivity contribution in [2.45, 2.75) is 0 Å². The summed E-state index contributed by atoms with van der Waals surface area (Å²) in [6, 6.07) is 10.5. The van der Waals surface area contributed by atoms with Crippen molar-refractivity contribution >= 4 is 17.6 Å². The zero-order valence-corrected chi connectivity index (χ0v) is 10.6. The Morgan fingerprint density at radius 1 is 1.00 bits per heavy atom. The van der Waals surface area contributed by atoms with Crippen molar-refractivity contribution in [1.82, 2.24) is 0 Å². The number of non-ortho nitro benzene ring substituents is 1. The molecule has 7 heteroatoms. The van der Waals surface area contributed by atoms with E-state index in [9.17, 15) is 19.7 Å². The topological polar surface area (TPSA) is 107 Å². The summed E-state index contributed by atoms with van der Waals surface area (Å²) in [6.45, 7) is 0. The molecule has 21 heavy (non-hydrogen) atoms. The number of aromatic carboxylic acids is 1. The lowest BCUT2D eigenvalue weighted by Crippen LogP contribution is -2.13. The molecule has 106 valence electrons. The molecule has 0 saturated carbocycles. The van der Waals surface area contributed by atoms with E-state index in [2.05, 4.69) is 0 Å². The Balaban J connectivity index is 2.22. The summed E-state index contributed by atoms with van der Waals surface area (Å²) in [4.78, 5) is 32.9. The summed E-state index contributed by atoms with van der Waals surface area (Å²) in [7, 11) is 0. The van der Waals surface area contributed by atoms with Gasteiger partial charge in [0.15, 0.2) is 0 Å². The Morgan fingerprint density at radius 3 is 2.10 bits per heavy atom. The zero-order chi connectivity index (χ0) is 15.4. The SMILES string of the molecule is O=C(O)c1ccccc1C(=O)Oc1ccc([N+](=O)[O-])cc1. The first kappa shape index (κ1) is 14.2. The molecule has 0 atom stereocenters. The average molecular weight is 287 g/mol. The van der Waals surface area contributed by atoms with Crippen LogP contribution in [0.5, 0.6) is 5.75 Å². The van der Waals surface area contributed by atoms with Crippen molar-refractivity contribution < 1.29 is 24.4 Å². The summed E-state index contributed by atoms with van der Waals surface area (Å²) in [5, 5.41) is 19.5. The third-order valence-electron chi connectivity index (χ3n) is 2.64. The number of carbonyl (C=O) groups is 2. The maximum atomic E-state index is 11.9. The van der Waals surface area contributed by atoms with Crippen LogP contribution >= 0.6 is 0 Å². The van der Waals surface area contributed by atoms with Crippen LogP contribution in [0.3, 0.4) is 0 Å². The fourth-order valence-corrected chi connectivity index (χ4v) is 1.65. The van der Waals surface area contributed by atoms with Gasteiger partial charge in [0.05, 0.1) is 16.1 Å². The van der Waals surface area contributed by atoms with Crippen LogP contribution < -0.4 is 4.74 Å². The second-order valence-electron chi connectivity index (χ2n) is 3.99. The van der Waals surface area contributed by atoms with Crippen LogP contribution in [-0.2, 0) is 0 Å². The van der Waals surface area contributed by atoms with E-state index < -0.39 is 16.9 Å². The molecule has 0 bridgehead atoms. The number of nitro benzene ring substituents is 1. The van der Waals surface area contributed by atoms with E-state index >= 15 is 0 Å². The predicted molar refractivity (Wildman–Crippen MR) is 71.5 cm³/mol. The van der Waals surface area contributed by atoms with Gasteiger partial charge in [-0.05, 0) is 24.3 Å². The lowest BCUT2D eigenvalue weighted by atomic mass is 10.1. The molecule has 0 amide bonds. The minimum Gasteiger partial charge on any atom is -0.478 e. The molecule has 0 spiro atoms. The van der Waals surface area contributed by atoms with E-state index in [-0.39, 0.29) is 22.6 Å². The van der Waals surface area contributed by atoms with Crippen molar-refractivity contribution in [3.63, 3.8) is 0 Å². The Labute approximate surface area is 118 Å². The van der Waals surface area contributed by atoms with Crippen LogP contribution in [0.1, 0.15) is 20.7 Å². The fourth-order valence-electron chi connectivity index (χ4n) is 1.65. The van der Waals surface area contributed by atoms with Crippen molar-refractivity contribution in [2.24, 2.45) is 0 Å². The van der Waals surface area contributed by atoms with Gasteiger partial charge in [-0.15, -0.1) is 0 Å². The number of esters is 1. The van der Waals surface area contributed by atoms with E-state index in [1.165, 1.54) is 48.5 Å². The molecule has 0 radical (unpaired) electrons. The minimum absolute atomic E-state index is 0.0887. The quantitative estimate of drug-likeness (QED) is 0.400. The standard InChI is InChI=1S/C14H9NO6/c16-13(17)11-3-1-2-4-12(11)14(18)21-10-7-5-9(6-8-10)15(19)20/h1-8H,(H,16,17). The van der Waals surface area contributed by atoms with Crippen molar-refractivity contribution in [2.75, 3.05) is 0 Å². The number of carboxylic acids is 1. The molecular formula is C14H9NO6. The molecule has 0 aliphatic carbocycles. The average Bonchev–Trinajstić information content (AvgIpc) is 2.47. The van der Waals surface area contributed by atoms with Gasteiger partial charge in [0, 0.05) is 12.1 Å². The van der Waals surface area contributed by atoms with Crippen LogP contribution in [0, 0.1) is 10.1 Å². The second kappa shape index (κ2) is 5.83. The molecule has 1 N–H and O–H groups in total. The third-order valence-corrected chi connectivity index (χ3v) is 2.64. The van der Waals surface area contributed by atoms with Crippen LogP contribution in [-0.4, -0.2) is 22.0 Å². The van der Waals surface area contributed by atoms with E-state index in [1.807, 2.05) is 0 Å². The normalized spacial score (nSPS) is 9.90.